The number of rotatable bonds is 8. The molecule has 0 atom stereocenters. The van der Waals surface area contributed by atoms with Crippen LogP contribution >= 0.6 is 23.1 Å². The van der Waals surface area contributed by atoms with Crippen LogP contribution in [0.15, 0.2) is 28.6 Å². The zero-order valence-electron chi connectivity index (χ0n) is 11.8. The van der Waals surface area contributed by atoms with E-state index in [0.717, 1.165) is 33.9 Å². The molecule has 2 rings (SSSR count). The van der Waals surface area contributed by atoms with Crippen LogP contribution < -0.4 is 10.1 Å². The Kier molecular flexibility index (Phi) is 6.14. The van der Waals surface area contributed by atoms with Crippen molar-refractivity contribution in [2.45, 2.75) is 24.6 Å². The summed E-state index contributed by atoms with van der Waals surface area (Å²) in [5.41, 5.74) is 1.30. The number of nitrogens with zero attached hydrogens (tertiary/aromatic N) is 2. The molecule has 4 nitrogen and oxygen atoms in total. The smallest absolute Gasteiger partial charge is 0.206 e. The highest BCUT2D eigenvalue weighted by Crippen LogP contribution is 2.25. The summed E-state index contributed by atoms with van der Waals surface area (Å²) in [6.07, 6.45) is 1.03. The largest absolute Gasteiger partial charge is 0.493 e. The van der Waals surface area contributed by atoms with Gasteiger partial charge in [0, 0.05) is 12.3 Å². The van der Waals surface area contributed by atoms with E-state index in [1.165, 1.54) is 5.56 Å². The Morgan fingerprint density at radius 3 is 3.00 bits per heavy atom. The summed E-state index contributed by atoms with van der Waals surface area (Å²) < 4.78 is 6.72. The molecule has 0 bridgehead atoms. The van der Waals surface area contributed by atoms with Crippen LogP contribution in [0.25, 0.3) is 0 Å². The van der Waals surface area contributed by atoms with Gasteiger partial charge >= 0.3 is 0 Å². The summed E-state index contributed by atoms with van der Waals surface area (Å²) >= 11 is 3.26. The van der Waals surface area contributed by atoms with E-state index in [1.54, 1.807) is 23.1 Å². The first kappa shape index (κ1) is 15.1. The van der Waals surface area contributed by atoms with Gasteiger partial charge in [0.2, 0.25) is 5.13 Å². The SMILES string of the molecule is CCNc1nnc(SCCOc2cccc(CC)c2)s1. The van der Waals surface area contributed by atoms with Gasteiger partial charge in [-0.1, -0.05) is 42.2 Å². The predicted octanol–water partition coefficient (Wildman–Crippen LogP) is 3.70. The summed E-state index contributed by atoms with van der Waals surface area (Å²) in [5, 5.41) is 12.2. The Balaban J connectivity index is 1.72. The average molecular weight is 309 g/mol. The Hall–Kier alpha value is -1.27. The summed E-state index contributed by atoms with van der Waals surface area (Å²) in [6.45, 7) is 5.74. The van der Waals surface area contributed by atoms with Gasteiger partial charge in [0.15, 0.2) is 4.34 Å². The Morgan fingerprint density at radius 2 is 2.20 bits per heavy atom. The van der Waals surface area contributed by atoms with E-state index in [2.05, 4.69) is 34.6 Å². The molecule has 0 saturated heterocycles. The summed E-state index contributed by atoms with van der Waals surface area (Å²) in [6, 6.07) is 8.25. The summed E-state index contributed by atoms with van der Waals surface area (Å²) in [5.74, 6) is 1.81. The minimum atomic E-state index is 0.675. The van der Waals surface area contributed by atoms with Crippen LogP contribution in [0.3, 0.4) is 0 Å². The fourth-order valence-corrected chi connectivity index (χ4v) is 3.34. The normalized spacial score (nSPS) is 10.5. The van der Waals surface area contributed by atoms with E-state index in [4.69, 9.17) is 4.74 Å². The van der Waals surface area contributed by atoms with Gasteiger partial charge in [0.1, 0.15) is 5.75 Å². The van der Waals surface area contributed by atoms with E-state index < -0.39 is 0 Å². The third kappa shape index (κ3) is 4.68. The lowest BCUT2D eigenvalue weighted by molar-refractivity contribution is 0.343. The maximum atomic E-state index is 5.74. The zero-order valence-corrected chi connectivity index (χ0v) is 13.4. The van der Waals surface area contributed by atoms with Gasteiger partial charge in [0.25, 0.3) is 0 Å². The first-order chi connectivity index (χ1) is 9.81. The lowest BCUT2D eigenvalue weighted by atomic mass is 10.2. The highest BCUT2D eigenvalue weighted by atomic mass is 32.2. The third-order valence-electron chi connectivity index (χ3n) is 2.62. The predicted molar refractivity (Wildman–Crippen MR) is 86.1 cm³/mol. The van der Waals surface area contributed by atoms with E-state index in [0.29, 0.717) is 6.61 Å². The zero-order chi connectivity index (χ0) is 14.2. The van der Waals surface area contributed by atoms with Crippen molar-refractivity contribution in [2.75, 3.05) is 24.2 Å². The topological polar surface area (TPSA) is 47.0 Å². The van der Waals surface area contributed by atoms with Crippen molar-refractivity contribution in [1.29, 1.82) is 0 Å². The van der Waals surface area contributed by atoms with Crippen LogP contribution in [0.2, 0.25) is 0 Å². The quantitative estimate of drug-likeness (QED) is 0.595. The third-order valence-corrected chi connectivity index (χ3v) is 4.60. The molecular formula is C14H19N3OS2. The van der Waals surface area contributed by atoms with Gasteiger partial charge in [-0.25, -0.2) is 0 Å². The van der Waals surface area contributed by atoms with Crippen LogP contribution in [0.4, 0.5) is 5.13 Å². The second-order valence-corrected chi connectivity index (χ2v) is 6.42. The molecule has 20 heavy (non-hydrogen) atoms. The fraction of sp³-hybridized carbons (Fsp3) is 0.429. The number of hydrogen-bond acceptors (Lipinski definition) is 6. The molecule has 1 N–H and O–H groups in total. The number of nitrogens with one attached hydrogen (secondary N) is 1. The first-order valence-corrected chi connectivity index (χ1v) is 8.54. The molecule has 108 valence electrons. The molecule has 1 heterocycles. The molecule has 0 fully saturated rings. The van der Waals surface area contributed by atoms with Gasteiger partial charge < -0.3 is 10.1 Å². The highest BCUT2D eigenvalue weighted by molar-refractivity contribution is 8.01. The number of thioether (sulfide) groups is 1. The molecule has 2 aromatic rings. The molecule has 0 unspecified atom stereocenters. The van der Waals surface area contributed by atoms with Crippen molar-refractivity contribution in [3.63, 3.8) is 0 Å². The lowest BCUT2D eigenvalue weighted by Gasteiger charge is -2.06. The van der Waals surface area contributed by atoms with Crippen LogP contribution in [-0.4, -0.2) is 29.1 Å². The number of hydrogen-bond donors (Lipinski definition) is 1. The van der Waals surface area contributed by atoms with Gasteiger partial charge in [0.05, 0.1) is 6.61 Å². The number of ether oxygens (including phenoxy) is 1. The number of benzene rings is 1. The maximum Gasteiger partial charge on any atom is 0.206 e. The minimum absolute atomic E-state index is 0.675. The monoisotopic (exact) mass is 309 g/mol. The molecule has 0 aliphatic rings. The Labute approximate surface area is 128 Å². The summed E-state index contributed by atoms with van der Waals surface area (Å²) in [4.78, 5) is 0. The van der Waals surface area contributed by atoms with Gasteiger partial charge in [-0.2, -0.15) is 0 Å². The van der Waals surface area contributed by atoms with Gasteiger partial charge in [-0.05, 0) is 31.0 Å². The number of aromatic nitrogens is 2. The average Bonchev–Trinajstić information content (AvgIpc) is 2.92. The number of aryl methyl sites for hydroxylation is 1. The second kappa shape index (κ2) is 8.11. The van der Waals surface area contributed by atoms with Crippen LogP contribution in [0, 0.1) is 0 Å². The van der Waals surface area contributed by atoms with Crippen molar-refractivity contribution < 1.29 is 4.74 Å². The Morgan fingerprint density at radius 1 is 1.30 bits per heavy atom. The van der Waals surface area contributed by atoms with Crippen molar-refractivity contribution in [1.82, 2.24) is 10.2 Å². The molecule has 6 heteroatoms. The molecule has 0 saturated carbocycles. The second-order valence-electron chi connectivity index (χ2n) is 4.10. The van der Waals surface area contributed by atoms with E-state index in [1.807, 2.05) is 19.1 Å². The molecule has 0 spiro atoms. The van der Waals surface area contributed by atoms with Crippen LogP contribution in [0.1, 0.15) is 19.4 Å². The van der Waals surface area contributed by atoms with Crippen molar-refractivity contribution >= 4 is 28.2 Å². The van der Waals surface area contributed by atoms with Crippen molar-refractivity contribution in [3.05, 3.63) is 29.8 Å². The van der Waals surface area contributed by atoms with Crippen LogP contribution in [-0.2, 0) is 6.42 Å². The number of anilines is 1. The molecule has 0 radical (unpaired) electrons. The molecule has 1 aromatic carbocycles. The van der Waals surface area contributed by atoms with Gasteiger partial charge in [-0.3, -0.25) is 0 Å². The van der Waals surface area contributed by atoms with E-state index in [9.17, 15) is 0 Å². The Bertz CT molecular complexity index is 531. The molecule has 1 aromatic heterocycles. The highest BCUT2D eigenvalue weighted by Gasteiger charge is 2.03. The molecular weight excluding hydrogens is 290 g/mol. The van der Waals surface area contributed by atoms with Crippen molar-refractivity contribution in [3.8, 4) is 5.75 Å². The van der Waals surface area contributed by atoms with Gasteiger partial charge in [-0.15, -0.1) is 10.2 Å². The molecule has 0 aliphatic carbocycles. The molecule has 0 amide bonds. The lowest BCUT2D eigenvalue weighted by Crippen LogP contribution is -2.00. The summed E-state index contributed by atoms with van der Waals surface area (Å²) in [7, 11) is 0. The van der Waals surface area contributed by atoms with Crippen LogP contribution in [0.5, 0.6) is 5.75 Å². The standard InChI is InChI=1S/C14H19N3OS2/c1-3-11-6-5-7-12(10-11)18-8-9-19-14-17-16-13(20-14)15-4-2/h5-7,10H,3-4,8-9H2,1-2H3,(H,15,16). The maximum absolute atomic E-state index is 5.74. The van der Waals surface area contributed by atoms with E-state index in [-0.39, 0.29) is 0 Å². The minimum Gasteiger partial charge on any atom is -0.493 e. The first-order valence-electron chi connectivity index (χ1n) is 6.73. The fourth-order valence-electron chi connectivity index (χ4n) is 1.63. The molecule has 0 aliphatic heterocycles. The van der Waals surface area contributed by atoms with Crippen molar-refractivity contribution in [2.24, 2.45) is 0 Å². The van der Waals surface area contributed by atoms with E-state index >= 15 is 0 Å².